The Morgan fingerprint density at radius 3 is 2.85 bits per heavy atom. The Morgan fingerprint density at radius 1 is 1.22 bits per heavy atom. The molecule has 140 valence electrons. The number of carbonyl (C=O) groups is 2. The lowest BCUT2D eigenvalue weighted by Crippen LogP contribution is -2.34. The molecule has 1 saturated heterocycles. The first-order chi connectivity index (χ1) is 13.2. The molecule has 6 heteroatoms. The van der Waals surface area contributed by atoms with Crippen molar-refractivity contribution in [3.63, 3.8) is 0 Å². The van der Waals surface area contributed by atoms with Gasteiger partial charge in [0.1, 0.15) is 5.75 Å². The van der Waals surface area contributed by atoms with E-state index in [-0.39, 0.29) is 29.8 Å². The van der Waals surface area contributed by atoms with Gasteiger partial charge in [-0.05, 0) is 36.6 Å². The largest absolute Gasteiger partial charge is 0.484 e. The van der Waals surface area contributed by atoms with E-state index in [0.717, 1.165) is 18.4 Å². The van der Waals surface area contributed by atoms with Gasteiger partial charge in [0.05, 0.1) is 0 Å². The van der Waals surface area contributed by atoms with Crippen molar-refractivity contribution in [2.24, 2.45) is 11.3 Å². The molecule has 0 unspecified atom stereocenters. The predicted molar refractivity (Wildman–Crippen MR) is 99.8 cm³/mol. The minimum Gasteiger partial charge on any atom is -0.484 e. The van der Waals surface area contributed by atoms with Crippen LogP contribution in [0.4, 0.5) is 0 Å². The summed E-state index contributed by atoms with van der Waals surface area (Å²) in [5.41, 5.74) is 0.948. The molecule has 2 aromatic rings. The summed E-state index contributed by atoms with van der Waals surface area (Å²) in [4.78, 5) is 30.8. The molecule has 4 rings (SSSR count). The fraction of sp³-hybridized carbons (Fsp3) is 0.381. The molecule has 2 heterocycles. The first-order valence-electron chi connectivity index (χ1n) is 9.29. The Kier molecular flexibility index (Phi) is 4.79. The highest BCUT2D eigenvalue weighted by molar-refractivity contribution is 5.83. The van der Waals surface area contributed by atoms with Crippen molar-refractivity contribution in [1.29, 1.82) is 0 Å². The minimum atomic E-state index is -0.0402. The molecule has 27 heavy (non-hydrogen) atoms. The number of rotatable bonds is 6. The zero-order valence-electron chi connectivity index (χ0n) is 15.1. The number of aromatic nitrogens is 1. The Morgan fingerprint density at radius 2 is 2.07 bits per heavy atom. The van der Waals surface area contributed by atoms with E-state index in [4.69, 9.17) is 4.74 Å². The minimum absolute atomic E-state index is 0.00186. The fourth-order valence-corrected chi connectivity index (χ4v) is 3.85. The standard InChI is InChI=1S/C21H23N3O3/c25-19(14-27-17-6-2-1-3-7-17)24-10-8-21(15-24)11-18(21)20(26)23-13-16-5-4-9-22-12-16/h1-7,9,12,18H,8,10-11,13-15H2,(H,23,26)/t18-,21+/m0/s1. The smallest absolute Gasteiger partial charge is 0.260 e. The van der Waals surface area contributed by atoms with Crippen LogP contribution in [0.25, 0.3) is 0 Å². The fourth-order valence-electron chi connectivity index (χ4n) is 3.85. The second-order valence-corrected chi connectivity index (χ2v) is 7.37. The van der Waals surface area contributed by atoms with Gasteiger partial charge in [0, 0.05) is 43.4 Å². The van der Waals surface area contributed by atoms with E-state index < -0.39 is 0 Å². The molecule has 1 aliphatic carbocycles. The van der Waals surface area contributed by atoms with E-state index >= 15 is 0 Å². The van der Waals surface area contributed by atoms with Gasteiger partial charge in [0.25, 0.3) is 5.91 Å². The topological polar surface area (TPSA) is 71.5 Å². The van der Waals surface area contributed by atoms with Gasteiger partial charge in [-0.1, -0.05) is 24.3 Å². The summed E-state index contributed by atoms with van der Waals surface area (Å²) in [6.07, 6.45) is 5.21. The molecule has 1 spiro atoms. The Hall–Kier alpha value is -2.89. The normalized spacial score (nSPS) is 23.3. The number of hydrogen-bond donors (Lipinski definition) is 1. The second kappa shape index (κ2) is 7.39. The molecule has 2 amide bonds. The van der Waals surface area contributed by atoms with Crippen LogP contribution in [0.15, 0.2) is 54.9 Å². The van der Waals surface area contributed by atoms with E-state index in [9.17, 15) is 9.59 Å². The number of pyridine rings is 1. The van der Waals surface area contributed by atoms with Crippen LogP contribution in [0.1, 0.15) is 18.4 Å². The number of para-hydroxylation sites is 1. The third kappa shape index (κ3) is 3.94. The van der Waals surface area contributed by atoms with Crippen molar-refractivity contribution in [2.45, 2.75) is 19.4 Å². The van der Waals surface area contributed by atoms with Crippen molar-refractivity contribution in [2.75, 3.05) is 19.7 Å². The van der Waals surface area contributed by atoms with Gasteiger partial charge in [-0.15, -0.1) is 0 Å². The zero-order valence-corrected chi connectivity index (χ0v) is 15.1. The molecule has 0 radical (unpaired) electrons. The van der Waals surface area contributed by atoms with Crippen molar-refractivity contribution < 1.29 is 14.3 Å². The van der Waals surface area contributed by atoms with Crippen molar-refractivity contribution in [1.82, 2.24) is 15.2 Å². The molecule has 1 aliphatic heterocycles. The molecule has 1 aromatic carbocycles. The summed E-state index contributed by atoms with van der Waals surface area (Å²) < 4.78 is 5.55. The SMILES string of the molecule is O=C(NCc1cccnc1)[C@@H]1C[C@@]12CCN(C(=O)COc1ccccc1)C2. The number of hydrogen-bond acceptors (Lipinski definition) is 4. The Balaban J connectivity index is 1.24. The van der Waals surface area contributed by atoms with Crippen LogP contribution in [-0.4, -0.2) is 41.4 Å². The van der Waals surface area contributed by atoms with Gasteiger partial charge in [-0.25, -0.2) is 0 Å². The number of likely N-dealkylation sites (tertiary alicyclic amines) is 1. The van der Waals surface area contributed by atoms with E-state index in [1.54, 1.807) is 12.4 Å². The molecular formula is C21H23N3O3. The van der Waals surface area contributed by atoms with Crippen LogP contribution in [0.3, 0.4) is 0 Å². The lowest BCUT2D eigenvalue weighted by Gasteiger charge is -2.17. The molecule has 6 nitrogen and oxygen atoms in total. The van der Waals surface area contributed by atoms with Crippen molar-refractivity contribution in [3.8, 4) is 5.75 Å². The molecule has 1 N–H and O–H groups in total. The Labute approximate surface area is 158 Å². The summed E-state index contributed by atoms with van der Waals surface area (Å²) in [5.74, 6) is 0.756. The highest BCUT2D eigenvalue weighted by Crippen LogP contribution is 2.58. The van der Waals surface area contributed by atoms with Gasteiger partial charge in [0.15, 0.2) is 6.61 Å². The summed E-state index contributed by atoms with van der Waals surface area (Å²) in [7, 11) is 0. The monoisotopic (exact) mass is 365 g/mol. The average molecular weight is 365 g/mol. The van der Waals surface area contributed by atoms with E-state index in [0.29, 0.717) is 25.4 Å². The molecule has 0 bridgehead atoms. The molecule has 2 fully saturated rings. The highest BCUT2D eigenvalue weighted by Gasteiger charge is 2.61. The van der Waals surface area contributed by atoms with E-state index in [1.165, 1.54) is 0 Å². The van der Waals surface area contributed by atoms with Gasteiger partial charge in [-0.3, -0.25) is 14.6 Å². The number of carbonyl (C=O) groups excluding carboxylic acids is 2. The number of ether oxygens (including phenoxy) is 1. The summed E-state index contributed by atoms with van der Waals surface area (Å²) in [6, 6.07) is 13.1. The maximum absolute atomic E-state index is 12.5. The zero-order chi connectivity index (χ0) is 18.7. The van der Waals surface area contributed by atoms with Crippen molar-refractivity contribution in [3.05, 3.63) is 60.4 Å². The van der Waals surface area contributed by atoms with Crippen LogP contribution in [0, 0.1) is 11.3 Å². The van der Waals surface area contributed by atoms with E-state index in [1.807, 2.05) is 47.4 Å². The first-order valence-corrected chi connectivity index (χ1v) is 9.29. The van der Waals surface area contributed by atoms with Crippen LogP contribution in [0.2, 0.25) is 0 Å². The van der Waals surface area contributed by atoms with Gasteiger partial charge in [0.2, 0.25) is 5.91 Å². The third-order valence-corrected chi connectivity index (χ3v) is 5.54. The molecule has 1 aromatic heterocycles. The third-order valence-electron chi connectivity index (χ3n) is 5.54. The molecule has 1 saturated carbocycles. The van der Waals surface area contributed by atoms with Gasteiger partial charge in [-0.2, -0.15) is 0 Å². The molecule has 2 atom stereocenters. The number of nitrogens with one attached hydrogen (secondary N) is 1. The van der Waals surface area contributed by atoms with Crippen LogP contribution < -0.4 is 10.1 Å². The molecule has 2 aliphatic rings. The van der Waals surface area contributed by atoms with Gasteiger partial charge >= 0.3 is 0 Å². The summed E-state index contributed by atoms with van der Waals surface area (Å²) in [5, 5.41) is 3.00. The number of amides is 2. The lowest BCUT2D eigenvalue weighted by atomic mass is 10.0. The van der Waals surface area contributed by atoms with Gasteiger partial charge < -0.3 is 15.0 Å². The maximum atomic E-state index is 12.5. The average Bonchev–Trinajstić information content (AvgIpc) is 3.25. The molecular weight excluding hydrogens is 342 g/mol. The quantitative estimate of drug-likeness (QED) is 0.850. The highest BCUT2D eigenvalue weighted by atomic mass is 16.5. The maximum Gasteiger partial charge on any atom is 0.260 e. The number of nitrogens with zero attached hydrogens (tertiary/aromatic N) is 2. The van der Waals surface area contributed by atoms with Crippen LogP contribution >= 0.6 is 0 Å². The van der Waals surface area contributed by atoms with E-state index in [2.05, 4.69) is 10.3 Å². The predicted octanol–water partition coefficient (Wildman–Crippen LogP) is 2.02. The van der Waals surface area contributed by atoms with Crippen LogP contribution in [-0.2, 0) is 16.1 Å². The van der Waals surface area contributed by atoms with Crippen LogP contribution in [0.5, 0.6) is 5.75 Å². The summed E-state index contributed by atoms with van der Waals surface area (Å²) in [6.45, 7) is 1.88. The van der Waals surface area contributed by atoms with Crippen molar-refractivity contribution >= 4 is 11.8 Å². The Bertz CT molecular complexity index is 756. The number of benzene rings is 1. The first kappa shape index (κ1) is 17.5. The lowest BCUT2D eigenvalue weighted by molar-refractivity contribution is -0.132. The second-order valence-electron chi connectivity index (χ2n) is 7.37. The summed E-state index contributed by atoms with van der Waals surface area (Å²) >= 11 is 0.